The molecule has 30 heavy (non-hydrogen) atoms. The topological polar surface area (TPSA) is 108 Å². The second-order valence-corrected chi connectivity index (χ2v) is 5.55. The molecular weight excluding hydrogens is 455 g/mol. The maximum absolute atomic E-state index is 12.1. The smallest absolute Gasteiger partial charge is 1.00 e. The SMILES string of the molecule is COc1cc([O-])c(C=NCCN=Cc2c([O-])cc(OC)cc2OC)c(OC)c1.[Cl-].[Mn+3]. The molecule has 0 atom stereocenters. The van der Waals surface area contributed by atoms with Crippen LogP contribution < -0.4 is 41.6 Å². The number of benzene rings is 2. The zero-order chi connectivity index (χ0) is 20.5. The van der Waals surface area contributed by atoms with Crippen LogP contribution in [0, 0.1) is 0 Å². The van der Waals surface area contributed by atoms with E-state index in [9.17, 15) is 10.2 Å². The van der Waals surface area contributed by atoms with Crippen LogP contribution in [0.3, 0.4) is 0 Å². The number of ether oxygens (including phenoxy) is 4. The van der Waals surface area contributed by atoms with Crippen LogP contribution in [-0.2, 0) is 17.1 Å². The predicted octanol–water partition coefficient (Wildman–Crippen LogP) is -1.59. The van der Waals surface area contributed by atoms with Crippen molar-refractivity contribution in [2.45, 2.75) is 0 Å². The third kappa shape index (κ3) is 7.02. The van der Waals surface area contributed by atoms with Gasteiger partial charge in [-0.1, -0.05) is 11.5 Å². The minimum absolute atomic E-state index is 0. The van der Waals surface area contributed by atoms with Gasteiger partial charge in [-0.25, -0.2) is 0 Å². The van der Waals surface area contributed by atoms with E-state index in [1.807, 2.05) is 0 Å². The van der Waals surface area contributed by atoms with Gasteiger partial charge < -0.3 is 41.6 Å². The molecule has 0 saturated heterocycles. The van der Waals surface area contributed by atoms with E-state index >= 15 is 0 Å². The Balaban J connectivity index is 0.00000420. The largest absolute Gasteiger partial charge is 3.00 e. The normalized spacial score (nSPS) is 10.4. The molecule has 0 radical (unpaired) electrons. The van der Waals surface area contributed by atoms with E-state index in [-0.39, 0.29) is 41.0 Å². The molecule has 0 spiro atoms. The summed E-state index contributed by atoms with van der Waals surface area (Å²) in [5.74, 6) is 1.12. The van der Waals surface area contributed by atoms with Crippen molar-refractivity contribution >= 4 is 12.4 Å². The second kappa shape index (κ2) is 13.6. The van der Waals surface area contributed by atoms with E-state index in [1.165, 1.54) is 53.0 Å². The van der Waals surface area contributed by atoms with Crippen molar-refractivity contribution in [2.75, 3.05) is 41.5 Å². The fraction of sp³-hybridized carbons (Fsp3) is 0.300. The van der Waals surface area contributed by atoms with Crippen LogP contribution in [0.1, 0.15) is 11.1 Å². The van der Waals surface area contributed by atoms with Crippen LogP contribution in [0.15, 0.2) is 34.3 Å². The van der Waals surface area contributed by atoms with Crippen LogP contribution in [0.4, 0.5) is 0 Å². The quantitative estimate of drug-likeness (QED) is 0.245. The summed E-state index contributed by atoms with van der Waals surface area (Å²) in [6.07, 6.45) is 2.90. The Kier molecular flexibility index (Phi) is 12.4. The predicted molar refractivity (Wildman–Crippen MR) is 103 cm³/mol. The van der Waals surface area contributed by atoms with E-state index in [0.717, 1.165) is 0 Å². The average Bonchev–Trinajstić information content (AvgIpc) is 2.71. The van der Waals surface area contributed by atoms with Crippen molar-refractivity contribution in [3.63, 3.8) is 0 Å². The molecule has 162 valence electrons. The maximum Gasteiger partial charge on any atom is 3.00 e. The summed E-state index contributed by atoms with van der Waals surface area (Å²) in [5.41, 5.74) is 0.678. The fourth-order valence-electron chi connectivity index (χ4n) is 2.41. The monoisotopic (exact) mass is 476 g/mol. The zero-order valence-electron chi connectivity index (χ0n) is 17.0. The van der Waals surface area contributed by atoms with Gasteiger partial charge in [0, 0.05) is 35.7 Å². The third-order valence-electron chi connectivity index (χ3n) is 3.87. The molecule has 0 amide bonds. The Morgan fingerprint density at radius 1 is 0.700 bits per heavy atom. The molecule has 0 bridgehead atoms. The maximum atomic E-state index is 12.1. The van der Waals surface area contributed by atoms with Crippen LogP contribution in [0.2, 0.25) is 0 Å². The van der Waals surface area contributed by atoms with Gasteiger partial charge in [0.25, 0.3) is 0 Å². The number of rotatable bonds is 9. The van der Waals surface area contributed by atoms with Gasteiger partial charge in [0.05, 0.1) is 41.5 Å². The Morgan fingerprint density at radius 2 is 1.07 bits per heavy atom. The van der Waals surface area contributed by atoms with E-state index in [4.69, 9.17) is 18.9 Å². The van der Waals surface area contributed by atoms with Gasteiger partial charge in [-0.2, -0.15) is 0 Å². The van der Waals surface area contributed by atoms with Gasteiger partial charge in [0.1, 0.15) is 23.0 Å². The Labute approximate surface area is 192 Å². The van der Waals surface area contributed by atoms with Crippen molar-refractivity contribution in [3.05, 3.63) is 35.4 Å². The molecule has 0 saturated carbocycles. The van der Waals surface area contributed by atoms with Crippen molar-refractivity contribution in [1.82, 2.24) is 0 Å². The van der Waals surface area contributed by atoms with Crippen molar-refractivity contribution < 1.29 is 58.6 Å². The third-order valence-corrected chi connectivity index (χ3v) is 3.87. The number of hydrogen-bond acceptors (Lipinski definition) is 8. The molecular formula is C20H22ClMnN2O6. The van der Waals surface area contributed by atoms with Crippen LogP contribution in [-0.4, -0.2) is 54.0 Å². The first kappa shape index (κ1) is 27.4. The van der Waals surface area contributed by atoms with Crippen molar-refractivity contribution in [2.24, 2.45) is 9.98 Å². The van der Waals surface area contributed by atoms with Gasteiger partial charge in [-0.3, -0.25) is 9.98 Å². The van der Waals surface area contributed by atoms with Crippen LogP contribution >= 0.6 is 0 Å². The van der Waals surface area contributed by atoms with Gasteiger partial charge in [-0.05, 0) is 12.1 Å². The molecule has 0 heterocycles. The fourth-order valence-corrected chi connectivity index (χ4v) is 2.41. The minimum Gasteiger partial charge on any atom is -1.00 e. The summed E-state index contributed by atoms with van der Waals surface area (Å²) in [6.45, 7) is 0.662. The van der Waals surface area contributed by atoms with Gasteiger partial charge in [0.2, 0.25) is 0 Å². The van der Waals surface area contributed by atoms with E-state index < -0.39 is 0 Å². The molecule has 2 aromatic carbocycles. The van der Waals surface area contributed by atoms with E-state index in [0.29, 0.717) is 47.2 Å². The second-order valence-electron chi connectivity index (χ2n) is 5.55. The average molecular weight is 477 g/mol. The van der Waals surface area contributed by atoms with E-state index in [2.05, 4.69) is 9.98 Å². The molecule has 2 rings (SSSR count). The number of methoxy groups -OCH3 is 4. The Hall–Kier alpha value is -2.61. The van der Waals surface area contributed by atoms with Crippen LogP contribution in [0.25, 0.3) is 0 Å². The number of aliphatic imine (C=N–C) groups is 2. The molecule has 10 heteroatoms. The van der Waals surface area contributed by atoms with Crippen LogP contribution in [0.5, 0.6) is 34.5 Å². The van der Waals surface area contributed by atoms with Crippen molar-refractivity contribution in [1.29, 1.82) is 0 Å². The first-order chi connectivity index (χ1) is 13.5. The van der Waals surface area contributed by atoms with Crippen molar-refractivity contribution in [3.8, 4) is 34.5 Å². The molecule has 0 fully saturated rings. The van der Waals surface area contributed by atoms with Gasteiger partial charge in [-0.15, -0.1) is 0 Å². The first-order valence-electron chi connectivity index (χ1n) is 8.39. The molecule has 0 N–H and O–H groups in total. The summed E-state index contributed by atoms with van der Waals surface area (Å²) in [7, 11) is 5.90. The molecule has 0 unspecified atom stereocenters. The van der Waals surface area contributed by atoms with Gasteiger partial charge >= 0.3 is 17.1 Å². The summed E-state index contributed by atoms with van der Waals surface area (Å²) < 4.78 is 20.5. The molecule has 0 aromatic heterocycles. The van der Waals surface area contributed by atoms with Gasteiger partial charge in [0.15, 0.2) is 0 Å². The first-order valence-corrected chi connectivity index (χ1v) is 8.39. The molecule has 0 aliphatic carbocycles. The zero-order valence-corrected chi connectivity index (χ0v) is 18.9. The number of hydrogen-bond donors (Lipinski definition) is 0. The Morgan fingerprint density at radius 3 is 1.37 bits per heavy atom. The minimum atomic E-state index is -0.248. The molecule has 0 aliphatic rings. The van der Waals surface area contributed by atoms with E-state index in [1.54, 1.807) is 12.1 Å². The standard InChI is InChI=1S/C20H24N2O6.ClH.Mn/c1-25-13-7-17(23)15(19(9-13)27-3)11-21-5-6-22-12-16-18(24)8-14(26-2)10-20(16)28-4;;/h7-12,23-24H,5-6H2,1-4H3;1H;/q;;+3/p-3. The summed E-state index contributed by atoms with van der Waals surface area (Å²) in [4.78, 5) is 8.40. The molecule has 0 aliphatic heterocycles. The summed E-state index contributed by atoms with van der Waals surface area (Å²) >= 11 is 0. The molecule has 8 nitrogen and oxygen atoms in total. The summed E-state index contributed by atoms with van der Waals surface area (Å²) in [5, 5.41) is 24.2. The number of halogens is 1. The Bertz CT molecular complexity index is 805. The summed E-state index contributed by atoms with van der Waals surface area (Å²) in [6, 6.07) is 5.97. The molecule has 2 aromatic rings. The number of nitrogens with zero attached hydrogens (tertiary/aromatic N) is 2.